The summed E-state index contributed by atoms with van der Waals surface area (Å²) in [4.78, 5) is 10.2. The van der Waals surface area contributed by atoms with Gasteiger partial charge in [-0.25, -0.2) is 4.79 Å². The quantitative estimate of drug-likeness (QED) is 0.548. The van der Waals surface area contributed by atoms with Crippen LogP contribution in [0.5, 0.6) is 0 Å². The first-order valence-electron chi connectivity index (χ1n) is 2.77. The van der Waals surface area contributed by atoms with Gasteiger partial charge >= 0.3 is 5.97 Å². The molecule has 0 bridgehead atoms. The van der Waals surface area contributed by atoms with Crippen molar-refractivity contribution in [2.24, 2.45) is 0 Å². The smallest absolute Gasteiger partial charge is 0.337 e. The Morgan fingerprint density at radius 3 is 2.80 bits per heavy atom. The van der Waals surface area contributed by atoms with Crippen molar-refractivity contribution in [2.45, 2.75) is 0 Å². The Hall–Kier alpha value is -1.29. The van der Waals surface area contributed by atoms with Gasteiger partial charge in [0.2, 0.25) is 0 Å². The van der Waals surface area contributed by atoms with Crippen molar-refractivity contribution in [2.75, 3.05) is 6.54 Å². The van der Waals surface area contributed by atoms with E-state index in [1.54, 1.807) is 6.08 Å². The van der Waals surface area contributed by atoms with Crippen LogP contribution in [0.15, 0.2) is 23.9 Å². The molecule has 0 aromatic carbocycles. The molecule has 0 aromatic heterocycles. The first-order valence-corrected chi connectivity index (χ1v) is 2.77. The Bertz CT molecular complexity index is 207. The molecular formula is C6H7NO3. The maximum atomic E-state index is 10.2. The second-order valence-corrected chi connectivity index (χ2v) is 1.91. The molecule has 0 saturated carbocycles. The monoisotopic (exact) mass is 141 g/mol. The zero-order chi connectivity index (χ0) is 7.56. The van der Waals surface area contributed by atoms with Crippen molar-refractivity contribution in [1.29, 1.82) is 0 Å². The molecule has 0 aromatic rings. The van der Waals surface area contributed by atoms with Crippen LogP contribution in [0, 0.1) is 0 Å². The number of nitrogens with zero attached hydrogens (tertiary/aromatic N) is 1. The van der Waals surface area contributed by atoms with Gasteiger partial charge in [0.05, 0.1) is 12.1 Å². The second-order valence-electron chi connectivity index (χ2n) is 1.91. The van der Waals surface area contributed by atoms with Crippen molar-refractivity contribution >= 4 is 5.97 Å². The van der Waals surface area contributed by atoms with E-state index in [4.69, 9.17) is 10.3 Å². The average Bonchev–Trinajstić information content (AvgIpc) is 1.88. The predicted octanol–water partition coefficient (Wildman–Crippen LogP) is 0.216. The van der Waals surface area contributed by atoms with Crippen molar-refractivity contribution in [3.63, 3.8) is 0 Å². The summed E-state index contributed by atoms with van der Waals surface area (Å²) in [5, 5.41) is 18.0. The fourth-order valence-electron chi connectivity index (χ4n) is 0.670. The molecule has 0 atom stereocenters. The van der Waals surface area contributed by atoms with Crippen LogP contribution in [0.1, 0.15) is 0 Å². The Kier molecular flexibility index (Phi) is 1.73. The number of carbonyl (C=O) groups is 1. The Morgan fingerprint density at radius 2 is 2.40 bits per heavy atom. The van der Waals surface area contributed by atoms with Gasteiger partial charge in [-0.2, -0.15) is 0 Å². The van der Waals surface area contributed by atoms with Crippen LogP contribution in [0.25, 0.3) is 0 Å². The highest BCUT2D eigenvalue weighted by atomic mass is 16.5. The first kappa shape index (κ1) is 6.82. The number of aliphatic carboxylic acids is 1. The summed E-state index contributed by atoms with van der Waals surface area (Å²) in [6, 6.07) is 0. The molecule has 0 fully saturated rings. The molecule has 4 nitrogen and oxygen atoms in total. The lowest BCUT2D eigenvalue weighted by atomic mass is 10.2. The normalized spacial score (nSPS) is 16.9. The molecule has 54 valence electrons. The molecule has 0 aliphatic carbocycles. The van der Waals surface area contributed by atoms with Gasteiger partial charge in [0.25, 0.3) is 0 Å². The van der Waals surface area contributed by atoms with E-state index in [1.807, 2.05) is 0 Å². The summed E-state index contributed by atoms with van der Waals surface area (Å²) >= 11 is 0. The van der Waals surface area contributed by atoms with Crippen LogP contribution in [-0.2, 0) is 4.79 Å². The van der Waals surface area contributed by atoms with Crippen LogP contribution in [-0.4, -0.2) is 27.9 Å². The maximum Gasteiger partial charge on any atom is 0.337 e. The number of rotatable bonds is 1. The molecule has 0 radical (unpaired) electrons. The van der Waals surface area contributed by atoms with Crippen molar-refractivity contribution in [3.05, 3.63) is 23.9 Å². The van der Waals surface area contributed by atoms with E-state index in [-0.39, 0.29) is 5.57 Å². The van der Waals surface area contributed by atoms with Gasteiger partial charge in [-0.3, -0.25) is 10.3 Å². The minimum atomic E-state index is -1.03. The Balaban J connectivity index is 2.76. The third-order valence-electron chi connectivity index (χ3n) is 1.12. The largest absolute Gasteiger partial charge is 0.478 e. The van der Waals surface area contributed by atoms with E-state index in [2.05, 4.69) is 0 Å². The van der Waals surface area contributed by atoms with E-state index in [1.165, 1.54) is 12.3 Å². The fourth-order valence-corrected chi connectivity index (χ4v) is 0.670. The third-order valence-corrected chi connectivity index (χ3v) is 1.12. The topological polar surface area (TPSA) is 60.8 Å². The summed E-state index contributed by atoms with van der Waals surface area (Å²) < 4.78 is 0. The lowest BCUT2D eigenvalue weighted by Gasteiger charge is -2.12. The van der Waals surface area contributed by atoms with Crippen LogP contribution in [0.4, 0.5) is 0 Å². The van der Waals surface area contributed by atoms with E-state index < -0.39 is 5.97 Å². The highest BCUT2D eigenvalue weighted by Crippen LogP contribution is 2.04. The second kappa shape index (κ2) is 2.53. The zero-order valence-electron chi connectivity index (χ0n) is 5.19. The molecule has 1 rings (SSSR count). The van der Waals surface area contributed by atoms with Gasteiger partial charge in [-0.1, -0.05) is 6.08 Å². The summed E-state index contributed by atoms with van der Waals surface area (Å²) in [5.74, 6) is -1.03. The number of carboxylic acids is 1. The minimum Gasteiger partial charge on any atom is -0.478 e. The van der Waals surface area contributed by atoms with Crippen molar-refractivity contribution < 1.29 is 15.1 Å². The summed E-state index contributed by atoms with van der Waals surface area (Å²) in [7, 11) is 0. The molecular weight excluding hydrogens is 134 g/mol. The average molecular weight is 141 g/mol. The molecule has 0 unspecified atom stereocenters. The van der Waals surface area contributed by atoms with Gasteiger partial charge in [0.1, 0.15) is 0 Å². The van der Waals surface area contributed by atoms with Gasteiger partial charge in [0, 0.05) is 6.20 Å². The molecule has 0 spiro atoms. The summed E-state index contributed by atoms with van der Waals surface area (Å²) in [5.41, 5.74) is 0.0914. The Labute approximate surface area is 57.6 Å². The SMILES string of the molecule is O=C(O)C1=CN(O)CC=C1. The molecule has 4 heteroatoms. The molecule has 1 aliphatic heterocycles. The standard InChI is InChI=1S/C6H7NO3/c8-6(9)5-2-1-3-7(10)4-5/h1-2,4,10H,3H2,(H,8,9). The fraction of sp³-hybridized carbons (Fsp3) is 0.167. The number of hydroxylamine groups is 2. The maximum absolute atomic E-state index is 10.2. The van der Waals surface area contributed by atoms with Crippen LogP contribution in [0.2, 0.25) is 0 Å². The van der Waals surface area contributed by atoms with Crippen LogP contribution >= 0.6 is 0 Å². The molecule has 1 aliphatic rings. The molecule has 0 amide bonds. The lowest BCUT2D eigenvalue weighted by Crippen LogP contribution is -2.17. The first-order chi connectivity index (χ1) is 4.70. The highest BCUT2D eigenvalue weighted by Gasteiger charge is 2.07. The summed E-state index contributed by atoms with van der Waals surface area (Å²) in [6.07, 6.45) is 4.20. The zero-order valence-corrected chi connectivity index (χ0v) is 5.19. The van der Waals surface area contributed by atoms with Crippen molar-refractivity contribution in [3.8, 4) is 0 Å². The van der Waals surface area contributed by atoms with Gasteiger partial charge in [0.15, 0.2) is 0 Å². The summed E-state index contributed by atoms with van der Waals surface area (Å²) in [6.45, 7) is 0.344. The molecule has 0 saturated heterocycles. The van der Waals surface area contributed by atoms with Gasteiger partial charge in [-0.15, -0.1) is 0 Å². The van der Waals surface area contributed by atoms with Crippen LogP contribution < -0.4 is 0 Å². The Morgan fingerprint density at radius 1 is 1.70 bits per heavy atom. The molecule has 1 heterocycles. The highest BCUT2D eigenvalue weighted by molar-refractivity contribution is 5.89. The number of hydrogen-bond donors (Lipinski definition) is 2. The van der Waals surface area contributed by atoms with Crippen LogP contribution in [0.3, 0.4) is 0 Å². The van der Waals surface area contributed by atoms with E-state index in [9.17, 15) is 4.79 Å². The van der Waals surface area contributed by atoms with E-state index in [0.29, 0.717) is 6.54 Å². The van der Waals surface area contributed by atoms with E-state index in [0.717, 1.165) is 5.06 Å². The molecule has 10 heavy (non-hydrogen) atoms. The predicted molar refractivity (Wildman–Crippen MR) is 33.4 cm³/mol. The minimum absolute atomic E-state index is 0.0914. The van der Waals surface area contributed by atoms with Gasteiger partial charge < -0.3 is 5.11 Å². The third kappa shape index (κ3) is 1.35. The molecule has 2 N–H and O–H groups in total. The van der Waals surface area contributed by atoms with Gasteiger partial charge in [-0.05, 0) is 6.08 Å². The van der Waals surface area contributed by atoms with E-state index >= 15 is 0 Å². The number of carboxylic acid groups (broad SMARTS) is 1. The lowest BCUT2D eigenvalue weighted by molar-refractivity contribution is -0.132. The van der Waals surface area contributed by atoms with Crippen molar-refractivity contribution in [1.82, 2.24) is 5.06 Å². The number of hydrogen-bond acceptors (Lipinski definition) is 3.